The number of nitrogens with zero attached hydrogens (tertiary/aromatic N) is 2. The Morgan fingerprint density at radius 3 is 2.71 bits per heavy atom. The van der Waals surface area contributed by atoms with Crippen molar-refractivity contribution < 1.29 is 14.3 Å². The largest absolute Gasteiger partial charge is 0.494 e. The summed E-state index contributed by atoms with van der Waals surface area (Å²) in [4.78, 5) is 24.5. The summed E-state index contributed by atoms with van der Waals surface area (Å²) < 4.78 is 11.5. The van der Waals surface area contributed by atoms with E-state index in [1.54, 1.807) is 24.3 Å². The molecule has 0 unspecified atom stereocenters. The van der Waals surface area contributed by atoms with Crippen molar-refractivity contribution in [2.24, 2.45) is 0 Å². The van der Waals surface area contributed by atoms with E-state index < -0.39 is 5.91 Å². The summed E-state index contributed by atoms with van der Waals surface area (Å²) in [5.41, 5.74) is 0.277. The number of rotatable bonds is 8. The van der Waals surface area contributed by atoms with Crippen LogP contribution in [0.4, 0.5) is 0 Å². The number of carbonyl (C=O) groups excluding carboxylic acids is 1. The minimum Gasteiger partial charge on any atom is -0.494 e. The molecule has 1 amide bonds. The zero-order chi connectivity index (χ0) is 17.4. The van der Waals surface area contributed by atoms with Crippen molar-refractivity contribution in [2.75, 3.05) is 26.9 Å². The summed E-state index contributed by atoms with van der Waals surface area (Å²) in [5.74, 6) is -0.248. The van der Waals surface area contributed by atoms with E-state index in [4.69, 9.17) is 9.47 Å². The molecular weight excluding hydrogens is 310 g/mol. The molecule has 0 saturated carbocycles. The highest BCUT2D eigenvalue weighted by molar-refractivity contribution is 5.94. The van der Waals surface area contributed by atoms with E-state index in [0.29, 0.717) is 31.9 Å². The molecule has 0 aliphatic rings. The molecule has 0 aliphatic carbocycles. The fraction of sp³-hybridized carbons (Fsp3) is 0.353. The first-order chi connectivity index (χ1) is 11.7. The number of ether oxygens (including phenoxy) is 2. The lowest BCUT2D eigenvalue weighted by Gasteiger charge is -2.11. The summed E-state index contributed by atoms with van der Waals surface area (Å²) >= 11 is 0. The molecule has 1 aromatic carbocycles. The molecule has 7 nitrogen and oxygen atoms in total. The third kappa shape index (κ3) is 4.42. The minimum absolute atomic E-state index is 0.0670. The topological polar surface area (TPSA) is 82.5 Å². The Hall–Kier alpha value is -2.67. The predicted octanol–water partition coefficient (Wildman–Crippen LogP) is 1.40. The zero-order valence-corrected chi connectivity index (χ0v) is 13.8. The molecular formula is C17H21N3O4. The summed E-state index contributed by atoms with van der Waals surface area (Å²) in [5, 5.41) is 6.92. The van der Waals surface area contributed by atoms with Crippen LogP contribution in [-0.2, 0) is 4.74 Å². The first-order valence-electron chi connectivity index (χ1n) is 7.77. The van der Waals surface area contributed by atoms with Gasteiger partial charge in [0.25, 0.3) is 11.5 Å². The van der Waals surface area contributed by atoms with Gasteiger partial charge in [-0.1, -0.05) is 18.2 Å². The van der Waals surface area contributed by atoms with Crippen molar-refractivity contribution in [1.29, 1.82) is 0 Å². The summed E-state index contributed by atoms with van der Waals surface area (Å²) in [6.45, 7) is 3.59. The molecule has 2 rings (SSSR count). The Balaban J connectivity index is 2.22. The lowest BCUT2D eigenvalue weighted by Crippen LogP contribution is -2.30. The second-order valence-corrected chi connectivity index (χ2v) is 4.95. The van der Waals surface area contributed by atoms with Gasteiger partial charge in [-0.05, 0) is 25.5 Å². The minimum atomic E-state index is -0.395. The number of benzene rings is 1. The molecule has 24 heavy (non-hydrogen) atoms. The molecule has 0 radical (unpaired) electrons. The molecule has 7 heteroatoms. The highest BCUT2D eigenvalue weighted by atomic mass is 16.5. The average molecular weight is 331 g/mol. The molecule has 2 aromatic rings. The number of hydrogen-bond acceptors (Lipinski definition) is 5. The van der Waals surface area contributed by atoms with Crippen LogP contribution in [0.3, 0.4) is 0 Å². The Morgan fingerprint density at radius 1 is 1.29 bits per heavy atom. The molecule has 1 aromatic heterocycles. The van der Waals surface area contributed by atoms with E-state index in [9.17, 15) is 9.59 Å². The number of carbonyl (C=O) groups is 1. The Bertz CT molecular complexity index is 728. The van der Waals surface area contributed by atoms with E-state index in [0.717, 1.165) is 0 Å². The van der Waals surface area contributed by atoms with Gasteiger partial charge in [-0.3, -0.25) is 9.59 Å². The van der Waals surface area contributed by atoms with Crippen molar-refractivity contribution in [3.63, 3.8) is 0 Å². The van der Waals surface area contributed by atoms with Crippen molar-refractivity contribution in [1.82, 2.24) is 15.1 Å². The number of methoxy groups -OCH3 is 1. The lowest BCUT2D eigenvalue weighted by molar-refractivity contribution is 0.0934. The number of para-hydroxylation sites is 1. The van der Waals surface area contributed by atoms with Gasteiger partial charge in [0.2, 0.25) is 0 Å². The molecule has 0 spiro atoms. The fourth-order valence-corrected chi connectivity index (χ4v) is 2.11. The molecule has 1 N–H and O–H groups in total. The van der Waals surface area contributed by atoms with Gasteiger partial charge < -0.3 is 14.8 Å². The number of hydrogen-bond donors (Lipinski definition) is 1. The van der Waals surface area contributed by atoms with E-state index in [2.05, 4.69) is 10.4 Å². The molecule has 0 aliphatic heterocycles. The Morgan fingerprint density at radius 2 is 2.04 bits per heavy atom. The first kappa shape index (κ1) is 17.7. The van der Waals surface area contributed by atoms with E-state index in [-0.39, 0.29) is 17.0 Å². The smallest absolute Gasteiger partial charge is 0.275 e. The SMILES string of the molecule is CCOCCCNC(=O)c1nn(-c2ccccc2)c(=O)cc1OC. The molecule has 0 saturated heterocycles. The van der Waals surface area contributed by atoms with Gasteiger partial charge in [-0.2, -0.15) is 9.78 Å². The lowest BCUT2D eigenvalue weighted by atomic mass is 10.3. The predicted molar refractivity (Wildman–Crippen MR) is 89.8 cm³/mol. The van der Waals surface area contributed by atoms with Gasteiger partial charge in [0.1, 0.15) is 0 Å². The van der Waals surface area contributed by atoms with Crippen LogP contribution < -0.4 is 15.6 Å². The summed E-state index contributed by atoms with van der Waals surface area (Å²) in [6, 6.07) is 10.2. The van der Waals surface area contributed by atoms with Crippen LogP contribution in [0, 0.1) is 0 Å². The Kier molecular flexibility index (Phi) is 6.51. The molecule has 0 atom stereocenters. The third-order valence-electron chi connectivity index (χ3n) is 3.29. The van der Waals surface area contributed by atoms with E-state index in [1.807, 2.05) is 13.0 Å². The maximum atomic E-state index is 12.3. The second kappa shape index (κ2) is 8.83. The Labute approximate surface area is 140 Å². The van der Waals surface area contributed by atoms with Crippen LogP contribution in [0.2, 0.25) is 0 Å². The van der Waals surface area contributed by atoms with Crippen LogP contribution in [-0.4, -0.2) is 42.6 Å². The maximum Gasteiger partial charge on any atom is 0.275 e. The van der Waals surface area contributed by atoms with Gasteiger partial charge in [-0.15, -0.1) is 0 Å². The third-order valence-corrected chi connectivity index (χ3v) is 3.29. The van der Waals surface area contributed by atoms with Crippen LogP contribution in [0.5, 0.6) is 5.75 Å². The van der Waals surface area contributed by atoms with Crippen molar-refractivity contribution in [3.8, 4) is 11.4 Å². The summed E-state index contributed by atoms with van der Waals surface area (Å²) in [6.07, 6.45) is 0.695. The average Bonchev–Trinajstić information content (AvgIpc) is 2.61. The molecule has 0 bridgehead atoms. The monoisotopic (exact) mass is 331 g/mol. The highest BCUT2D eigenvalue weighted by Crippen LogP contribution is 2.14. The quantitative estimate of drug-likeness (QED) is 0.739. The number of nitrogens with one attached hydrogen (secondary N) is 1. The standard InChI is InChI=1S/C17H21N3O4/c1-3-24-11-7-10-18-17(22)16-14(23-2)12-15(21)20(19-16)13-8-5-4-6-9-13/h4-6,8-9,12H,3,7,10-11H2,1-2H3,(H,18,22). The first-order valence-corrected chi connectivity index (χ1v) is 7.77. The van der Waals surface area contributed by atoms with Gasteiger partial charge in [-0.25, -0.2) is 0 Å². The van der Waals surface area contributed by atoms with Crippen molar-refractivity contribution in [2.45, 2.75) is 13.3 Å². The van der Waals surface area contributed by atoms with E-state index >= 15 is 0 Å². The number of amides is 1. The second-order valence-electron chi connectivity index (χ2n) is 4.95. The highest BCUT2D eigenvalue weighted by Gasteiger charge is 2.17. The van der Waals surface area contributed by atoms with E-state index in [1.165, 1.54) is 17.9 Å². The van der Waals surface area contributed by atoms with Crippen molar-refractivity contribution >= 4 is 5.91 Å². The maximum absolute atomic E-state index is 12.3. The van der Waals surface area contributed by atoms with Crippen LogP contribution in [0.1, 0.15) is 23.8 Å². The van der Waals surface area contributed by atoms with Gasteiger partial charge in [0.05, 0.1) is 18.9 Å². The summed E-state index contributed by atoms with van der Waals surface area (Å²) in [7, 11) is 1.40. The fourth-order valence-electron chi connectivity index (χ4n) is 2.11. The normalized spacial score (nSPS) is 10.4. The van der Waals surface area contributed by atoms with Gasteiger partial charge in [0, 0.05) is 19.8 Å². The molecule has 128 valence electrons. The van der Waals surface area contributed by atoms with Gasteiger partial charge >= 0.3 is 0 Å². The van der Waals surface area contributed by atoms with Crippen LogP contribution in [0.15, 0.2) is 41.2 Å². The van der Waals surface area contributed by atoms with Gasteiger partial charge in [0.15, 0.2) is 11.4 Å². The van der Waals surface area contributed by atoms with Crippen LogP contribution in [0.25, 0.3) is 5.69 Å². The van der Waals surface area contributed by atoms with Crippen molar-refractivity contribution in [3.05, 3.63) is 52.4 Å². The molecule has 0 fully saturated rings. The zero-order valence-electron chi connectivity index (χ0n) is 13.8. The van der Waals surface area contributed by atoms with Crippen LogP contribution >= 0.6 is 0 Å². The number of aromatic nitrogens is 2. The molecule has 1 heterocycles.